The monoisotopic (exact) mass is 276 g/mol. The van der Waals surface area contributed by atoms with Gasteiger partial charge in [-0.25, -0.2) is 0 Å². The van der Waals surface area contributed by atoms with E-state index in [4.69, 9.17) is 4.42 Å². The average molecular weight is 276 g/mol. The number of anilines is 1. The van der Waals surface area contributed by atoms with E-state index in [1.165, 1.54) is 6.07 Å². The number of oxazole rings is 1. The van der Waals surface area contributed by atoms with E-state index in [0.717, 1.165) is 26.1 Å². The molecule has 0 aliphatic carbocycles. The van der Waals surface area contributed by atoms with Gasteiger partial charge in [-0.1, -0.05) is 6.07 Å². The molecule has 1 aromatic heterocycles. The highest BCUT2D eigenvalue weighted by Gasteiger charge is 2.26. The molecule has 106 valence electrons. The first-order valence-corrected chi connectivity index (χ1v) is 6.72. The Morgan fingerprint density at radius 2 is 2.45 bits per heavy atom. The number of nitrogens with one attached hydrogen (secondary N) is 1. The maximum Gasteiger partial charge on any atom is 0.298 e. The van der Waals surface area contributed by atoms with Crippen molar-refractivity contribution in [1.29, 1.82) is 0 Å². The third-order valence-corrected chi connectivity index (χ3v) is 3.64. The van der Waals surface area contributed by atoms with E-state index in [2.05, 4.69) is 15.2 Å². The van der Waals surface area contributed by atoms with E-state index in [1.807, 2.05) is 6.92 Å². The second-order valence-corrected chi connectivity index (χ2v) is 4.81. The number of hydrogen-bond acceptors (Lipinski definition) is 6. The zero-order valence-electron chi connectivity index (χ0n) is 11.2. The Hall–Kier alpha value is -2.15. The van der Waals surface area contributed by atoms with Crippen LogP contribution in [0.4, 0.5) is 11.7 Å². The van der Waals surface area contributed by atoms with Crippen LogP contribution >= 0.6 is 0 Å². The van der Waals surface area contributed by atoms with Crippen LogP contribution in [0.3, 0.4) is 0 Å². The molecular formula is C13H16N4O3. The molecule has 1 unspecified atom stereocenters. The quantitative estimate of drug-likeness (QED) is 0.678. The highest BCUT2D eigenvalue weighted by atomic mass is 16.6. The SMILES string of the molecule is CCN(c1nc2c([N+](=O)[O-])cccc2o1)C1CCNC1. The zero-order valence-corrected chi connectivity index (χ0v) is 11.2. The molecule has 0 spiro atoms. The lowest BCUT2D eigenvalue weighted by Crippen LogP contribution is -2.36. The summed E-state index contributed by atoms with van der Waals surface area (Å²) in [4.78, 5) is 17.0. The Labute approximate surface area is 115 Å². The Kier molecular flexibility index (Phi) is 3.27. The molecule has 7 heteroatoms. The number of nitro groups is 1. The highest BCUT2D eigenvalue weighted by molar-refractivity contribution is 5.84. The molecule has 0 radical (unpaired) electrons. The third-order valence-electron chi connectivity index (χ3n) is 3.64. The summed E-state index contributed by atoms with van der Waals surface area (Å²) in [6.45, 7) is 4.64. The summed E-state index contributed by atoms with van der Waals surface area (Å²) in [6, 6.07) is 5.56. The van der Waals surface area contributed by atoms with Gasteiger partial charge in [0.2, 0.25) is 0 Å². The molecule has 2 heterocycles. The van der Waals surface area contributed by atoms with Crippen molar-refractivity contribution in [3.8, 4) is 0 Å². The molecule has 1 atom stereocenters. The van der Waals surface area contributed by atoms with Crippen molar-refractivity contribution in [2.75, 3.05) is 24.5 Å². The predicted octanol–water partition coefficient (Wildman–Crippen LogP) is 1.92. The fraction of sp³-hybridized carbons (Fsp3) is 0.462. The van der Waals surface area contributed by atoms with Gasteiger partial charge >= 0.3 is 0 Å². The minimum Gasteiger partial charge on any atom is -0.423 e. The summed E-state index contributed by atoms with van der Waals surface area (Å²) < 4.78 is 5.71. The Morgan fingerprint density at radius 1 is 1.60 bits per heavy atom. The molecule has 20 heavy (non-hydrogen) atoms. The molecule has 1 fully saturated rings. The number of nitro benzene ring substituents is 1. The number of likely N-dealkylation sites (N-methyl/N-ethyl adjacent to an activating group) is 1. The normalized spacial score (nSPS) is 18.6. The predicted molar refractivity (Wildman–Crippen MR) is 75.0 cm³/mol. The van der Waals surface area contributed by atoms with Crippen molar-refractivity contribution >= 4 is 22.8 Å². The van der Waals surface area contributed by atoms with Crippen LogP contribution in [0.5, 0.6) is 0 Å². The summed E-state index contributed by atoms with van der Waals surface area (Å²) in [5.41, 5.74) is 0.758. The fourth-order valence-electron chi connectivity index (χ4n) is 2.65. The molecule has 1 aromatic carbocycles. The average Bonchev–Trinajstić information content (AvgIpc) is 3.07. The summed E-state index contributed by atoms with van der Waals surface area (Å²) >= 11 is 0. The lowest BCUT2D eigenvalue weighted by molar-refractivity contribution is -0.383. The van der Waals surface area contributed by atoms with E-state index in [0.29, 0.717) is 23.2 Å². The molecule has 1 aliphatic heterocycles. The first-order valence-electron chi connectivity index (χ1n) is 6.72. The van der Waals surface area contributed by atoms with Gasteiger partial charge in [-0.3, -0.25) is 10.1 Å². The molecule has 1 N–H and O–H groups in total. The maximum atomic E-state index is 11.0. The Morgan fingerprint density at radius 3 is 3.10 bits per heavy atom. The van der Waals surface area contributed by atoms with Crippen LogP contribution in [0.15, 0.2) is 22.6 Å². The van der Waals surface area contributed by atoms with Gasteiger partial charge in [0, 0.05) is 25.2 Å². The van der Waals surface area contributed by atoms with Crippen LogP contribution in [0.25, 0.3) is 11.1 Å². The molecule has 1 saturated heterocycles. The van der Waals surface area contributed by atoms with Crippen LogP contribution in [-0.4, -0.2) is 35.6 Å². The maximum absolute atomic E-state index is 11.0. The summed E-state index contributed by atoms with van der Waals surface area (Å²) in [7, 11) is 0. The lowest BCUT2D eigenvalue weighted by atomic mass is 10.2. The Balaban J connectivity index is 2.03. The van der Waals surface area contributed by atoms with Crippen molar-refractivity contribution in [2.45, 2.75) is 19.4 Å². The van der Waals surface area contributed by atoms with Crippen LogP contribution in [0.2, 0.25) is 0 Å². The molecule has 0 bridgehead atoms. The molecular weight excluding hydrogens is 260 g/mol. The van der Waals surface area contributed by atoms with Gasteiger partial charge in [-0.05, 0) is 26.0 Å². The lowest BCUT2D eigenvalue weighted by Gasteiger charge is -2.24. The first kappa shape index (κ1) is 12.9. The van der Waals surface area contributed by atoms with E-state index >= 15 is 0 Å². The third kappa shape index (κ3) is 2.09. The molecule has 1 aliphatic rings. The van der Waals surface area contributed by atoms with Crippen LogP contribution < -0.4 is 10.2 Å². The number of para-hydroxylation sites is 1. The molecule has 7 nitrogen and oxygen atoms in total. The van der Waals surface area contributed by atoms with Crippen molar-refractivity contribution in [1.82, 2.24) is 10.3 Å². The van der Waals surface area contributed by atoms with Crippen LogP contribution in [0.1, 0.15) is 13.3 Å². The van der Waals surface area contributed by atoms with Gasteiger partial charge in [0.25, 0.3) is 11.7 Å². The van der Waals surface area contributed by atoms with Gasteiger partial charge in [-0.2, -0.15) is 4.98 Å². The minimum atomic E-state index is -0.429. The smallest absolute Gasteiger partial charge is 0.298 e. The van der Waals surface area contributed by atoms with Gasteiger partial charge < -0.3 is 14.6 Å². The van der Waals surface area contributed by atoms with Crippen molar-refractivity contribution in [2.24, 2.45) is 0 Å². The number of non-ortho nitro benzene ring substituents is 1. The second-order valence-electron chi connectivity index (χ2n) is 4.81. The number of fused-ring (bicyclic) bond motifs is 1. The van der Waals surface area contributed by atoms with Crippen LogP contribution in [-0.2, 0) is 0 Å². The summed E-state index contributed by atoms with van der Waals surface area (Å²) in [6.07, 6.45) is 1.02. The van der Waals surface area contributed by atoms with Gasteiger partial charge in [0.05, 0.1) is 4.92 Å². The first-order chi connectivity index (χ1) is 9.70. The summed E-state index contributed by atoms with van der Waals surface area (Å²) in [5.74, 6) is 0. The highest BCUT2D eigenvalue weighted by Crippen LogP contribution is 2.30. The number of nitrogens with zero attached hydrogens (tertiary/aromatic N) is 3. The van der Waals surface area contributed by atoms with Crippen LogP contribution in [0, 0.1) is 10.1 Å². The molecule has 0 saturated carbocycles. The van der Waals surface area contributed by atoms with E-state index in [-0.39, 0.29) is 5.69 Å². The topological polar surface area (TPSA) is 84.4 Å². The van der Waals surface area contributed by atoms with Gasteiger partial charge in [-0.15, -0.1) is 0 Å². The zero-order chi connectivity index (χ0) is 14.1. The second kappa shape index (κ2) is 5.09. The number of rotatable bonds is 4. The number of aromatic nitrogens is 1. The van der Waals surface area contributed by atoms with Gasteiger partial charge in [0.1, 0.15) is 0 Å². The minimum absolute atomic E-state index is 0.0156. The largest absolute Gasteiger partial charge is 0.423 e. The van der Waals surface area contributed by atoms with Crippen molar-refractivity contribution in [3.63, 3.8) is 0 Å². The van der Waals surface area contributed by atoms with Gasteiger partial charge in [0.15, 0.2) is 11.1 Å². The fourth-order valence-corrected chi connectivity index (χ4v) is 2.65. The standard InChI is InChI=1S/C13H16N4O3/c1-2-16(9-6-7-14-8-9)13-15-12-10(17(18)19)4-3-5-11(12)20-13/h3-5,9,14H,2,6-8H2,1H3. The van der Waals surface area contributed by atoms with Crippen molar-refractivity contribution in [3.05, 3.63) is 28.3 Å². The Bertz CT molecular complexity index is 634. The van der Waals surface area contributed by atoms with E-state index < -0.39 is 4.92 Å². The van der Waals surface area contributed by atoms with E-state index in [1.54, 1.807) is 12.1 Å². The number of hydrogen-bond donors (Lipinski definition) is 1. The molecule has 3 rings (SSSR count). The van der Waals surface area contributed by atoms with Crippen molar-refractivity contribution < 1.29 is 9.34 Å². The number of benzene rings is 1. The summed E-state index contributed by atoms with van der Waals surface area (Å²) in [5, 5.41) is 14.3. The molecule has 2 aromatic rings. The van der Waals surface area contributed by atoms with E-state index in [9.17, 15) is 10.1 Å². The molecule has 0 amide bonds.